The molecular formula is C20H21ClN6O. The summed E-state index contributed by atoms with van der Waals surface area (Å²) in [6.07, 6.45) is 7.61. The average Bonchev–Trinajstić information content (AvgIpc) is 3.11. The number of carbonyl (C=O) groups excluding carboxylic acids is 1. The first-order valence-corrected chi connectivity index (χ1v) is 9.72. The van der Waals surface area contributed by atoms with Gasteiger partial charge in [0.25, 0.3) is 5.91 Å². The molecule has 0 aromatic carbocycles. The normalized spacial score (nSPS) is 26.3. The number of carbonyl (C=O) groups is 1. The Morgan fingerprint density at radius 1 is 1.29 bits per heavy atom. The van der Waals surface area contributed by atoms with Crippen LogP contribution in [-0.2, 0) is 0 Å². The third-order valence-electron chi connectivity index (χ3n) is 5.59. The SMILES string of the molecule is Cc1cc(C#N)cnc1C(=O)NC1CCC2NNC(c3cncc(Cl)c3)C2C1. The van der Waals surface area contributed by atoms with Crippen LogP contribution in [0.2, 0.25) is 5.02 Å². The number of hydrogen-bond acceptors (Lipinski definition) is 6. The lowest BCUT2D eigenvalue weighted by Crippen LogP contribution is -2.44. The van der Waals surface area contributed by atoms with E-state index in [0.29, 0.717) is 33.8 Å². The maximum atomic E-state index is 12.7. The minimum atomic E-state index is -0.190. The smallest absolute Gasteiger partial charge is 0.270 e. The van der Waals surface area contributed by atoms with E-state index in [9.17, 15) is 4.79 Å². The molecule has 4 atom stereocenters. The Labute approximate surface area is 168 Å². The Bertz CT molecular complexity index is 943. The number of aromatic nitrogens is 2. The zero-order valence-corrected chi connectivity index (χ0v) is 16.2. The molecule has 2 fully saturated rings. The van der Waals surface area contributed by atoms with Crippen molar-refractivity contribution in [3.8, 4) is 6.07 Å². The molecule has 0 bridgehead atoms. The maximum absolute atomic E-state index is 12.7. The van der Waals surface area contributed by atoms with Crippen molar-refractivity contribution in [3.05, 3.63) is 58.1 Å². The fourth-order valence-electron chi connectivity index (χ4n) is 4.24. The van der Waals surface area contributed by atoms with Gasteiger partial charge in [-0.1, -0.05) is 11.6 Å². The van der Waals surface area contributed by atoms with Crippen LogP contribution < -0.4 is 16.2 Å². The molecule has 0 spiro atoms. The zero-order valence-electron chi connectivity index (χ0n) is 15.4. The van der Waals surface area contributed by atoms with Crippen molar-refractivity contribution in [2.24, 2.45) is 5.92 Å². The number of rotatable bonds is 3. The molecule has 1 aliphatic carbocycles. The summed E-state index contributed by atoms with van der Waals surface area (Å²) in [7, 11) is 0. The lowest BCUT2D eigenvalue weighted by Gasteiger charge is -2.33. The predicted molar refractivity (Wildman–Crippen MR) is 104 cm³/mol. The number of nitrogens with zero attached hydrogens (tertiary/aromatic N) is 3. The van der Waals surface area contributed by atoms with Crippen molar-refractivity contribution in [2.45, 2.75) is 44.3 Å². The monoisotopic (exact) mass is 396 g/mol. The van der Waals surface area contributed by atoms with E-state index in [1.807, 2.05) is 18.3 Å². The van der Waals surface area contributed by atoms with Gasteiger partial charge in [-0.25, -0.2) is 10.4 Å². The van der Waals surface area contributed by atoms with Crippen molar-refractivity contribution in [1.29, 1.82) is 5.26 Å². The van der Waals surface area contributed by atoms with Gasteiger partial charge >= 0.3 is 0 Å². The van der Waals surface area contributed by atoms with Crippen LogP contribution in [0.5, 0.6) is 0 Å². The van der Waals surface area contributed by atoms with Crippen LogP contribution in [0.1, 0.15) is 52.5 Å². The summed E-state index contributed by atoms with van der Waals surface area (Å²) in [6.45, 7) is 1.80. The summed E-state index contributed by atoms with van der Waals surface area (Å²) in [6, 6.07) is 6.19. The Balaban J connectivity index is 1.46. The highest BCUT2D eigenvalue weighted by molar-refractivity contribution is 6.30. The van der Waals surface area contributed by atoms with E-state index in [2.05, 4.69) is 26.1 Å². The number of halogens is 1. The van der Waals surface area contributed by atoms with Gasteiger partial charge in [0.15, 0.2) is 0 Å². The zero-order chi connectivity index (χ0) is 19.7. The van der Waals surface area contributed by atoms with E-state index < -0.39 is 0 Å². The highest BCUT2D eigenvalue weighted by Crippen LogP contribution is 2.38. The molecular weight excluding hydrogens is 376 g/mol. The Hall–Kier alpha value is -2.53. The Morgan fingerprint density at radius 2 is 2.14 bits per heavy atom. The molecule has 4 unspecified atom stereocenters. The predicted octanol–water partition coefficient (Wildman–Crippen LogP) is 2.43. The molecule has 4 rings (SSSR count). The van der Waals surface area contributed by atoms with E-state index in [0.717, 1.165) is 24.8 Å². The fourth-order valence-corrected chi connectivity index (χ4v) is 4.43. The van der Waals surface area contributed by atoms with E-state index in [1.165, 1.54) is 6.20 Å². The van der Waals surface area contributed by atoms with Crippen LogP contribution in [0.25, 0.3) is 0 Å². The third kappa shape index (κ3) is 3.72. The van der Waals surface area contributed by atoms with Crippen molar-refractivity contribution in [1.82, 2.24) is 26.1 Å². The van der Waals surface area contributed by atoms with Crippen molar-refractivity contribution < 1.29 is 4.79 Å². The molecule has 1 saturated heterocycles. The molecule has 2 aliphatic rings. The lowest BCUT2D eigenvalue weighted by atomic mass is 9.77. The summed E-state index contributed by atoms with van der Waals surface area (Å²) >= 11 is 6.11. The minimum absolute atomic E-state index is 0.0712. The van der Waals surface area contributed by atoms with Gasteiger partial charge in [-0.3, -0.25) is 15.2 Å². The number of hydrazine groups is 1. The molecule has 0 radical (unpaired) electrons. The van der Waals surface area contributed by atoms with Crippen LogP contribution in [0, 0.1) is 24.2 Å². The molecule has 1 saturated carbocycles. The maximum Gasteiger partial charge on any atom is 0.270 e. The second kappa shape index (κ2) is 7.84. The molecule has 1 amide bonds. The number of pyridine rings is 2. The number of aryl methyl sites for hydroxylation is 1. The highest BCUT2D eigenvalue weighted by atomic mass is 35.5. The standard InChI is InChI=1S/C20H21ClN6O/c1-11-4-12(7-22)8-24-18(11)20(28)25-15-2-3-17-16(6-15)19(27-26-17)13-5-14(21)10-23-9-13/h4-5,8-10,15-17,19,26-27H,2-3,6H2,1H3,(H,25,28). The summed E-state index contributed by atoms with van der Waals surface area (Å²) in [5, 5.41) is 12.7. The first kappa shape index (κ1) is 18.8. The van der Waals surface area contributed by atoms with Crippen LogP contribution >= 0.6 is 11.6 Å². The quantitative estimate of drug-likeness (QED) is 0.736. The number of hydrogen-bond donors (Lipinski definition) is 3. The van der Waals surface area contributed by atoms with Gasteiger partial charge in [0.05, 0.1) is 16.6 Å². The summed E-state index contributed by atoms with van der Waals surface area (Å²) < 4.78 is 0. The molecule has 28 heavy (non-hydrogen) atoms. The molecule has 3 N–H and O–H groups in total. The van der Waals surface area contributed by atoms with E-state index in [1.54, 1.807) is 19.2 Å². The van der Waals surface area contributed by atoms with Crippen LogP contribution in [0.3, 0.4) is 0 Å². The van der Waals surface area contributed by atoms with E-state index in [-0.39, 0.29) is 18.0 Å². The first-order valence-electron chi connectivity index (χ1n) is 9.34. The Morgan fingerprint density at radius 3 is 2.89 bits per heavy atom. The van der Waals surface area contributed by atoms with Gasteiger partial charge in [-0.2, -0.15) is 5.26 Å². The molecule has 8 heteroatoms. The number of fused-ring (bicyclic) bond motifs is 1. The second-order valence-electron chi connectivity index (χ2n) is 7.46. The fraction of sp³-hybridized carbons (Fsp3) is 0.400. The van der Waals surface area contributed by atoms with Gasteiger partial charge in [0, 0.05) is 30.7 Å². The number of nitrogens with one attached hydrogen (secondary N) is 3. The van der Waals surface area contributed by atoms with Gasteiger partial charge in [0.1, 0.15) is 11.8 Å². The molecule has 7 nitrogen and oxygen atoms in total. The second-order valence-corrected chi connectivity index (χ2v) is 7.89. The largest absolute Gasteiger partial charge is 0.348 e. The van der Waals surface area contributed by atoms with Crippen molar-refractivity contribution in [3.63, 3.8) is 0 Å². The number of amides is 1. The van der Waals surface area contributed by atoms with Crippen LogP contribution in [-0.4, -0.2) is 28.0 Å². The molecule has 2 aromatic rings. The number of nitriles is 1. The van der Waals surface area contributed by atoms with Crippen LogP contribution in [0.15, 0.2) is 30.7 Å². The Kier molecular flexibility index (Phi) is 5.27. The van der Waals surface area contributed by atoms with Gasteiger partial charge in [-0.05, 0) is 55.4 Å². The molecule has 3 heterocycles. The molecule has 144 valence electrons. The molecule has 2 aromatic heterocycles. The third-order valence-corrected chi connectivity index (χ3v) is 5.80. The average molecular weight is 397 g/mol. The first-order chi connectivity index (χ1) is 13.5. The van der Waals surface area contributed by atoms with Gasteiger partial charge in [0.2, 0.25) is 0 Å². The van der Waals surface area contributed by atoms with Gasteiger partial charge < -0.3 is 5.32 Å². The highest BCUT2D eigenvalue weighted by Gasteiger charge is 2.41. The summed E-state index contributed by atoms with van der Waals surface area (Å²) in [4.78, 5) is 21.1. The van der Waals surface area contributed by atoms with Crippen LogP contribution in [0.4, 0.5) is 0 Å². The van der Waals surface area contributed by atoms with Crippen molar-refractivity contribution in [2.75, 3.05) is 0 Å². The van der Waals surface area contributed by atoms with Gasteiger partial charge in [-0.15, -0.1) is 0 Å². The summed E-state index contributed by atoms with van der Waals surface area (Å²) in [5.74, 6) is 0.139. The van der Waals surface area contributed by atoms with E-state index in [4.69, 9.17) is 16.9 Å². The van der Waals surface area contributed by atoms with Crippen molar-refractivity contribution >= 4 is 17.5 Å². The topological polar surface area (TPSA) is 103 Å². The lowest BCUT2D eigenvalue weighted by molar-refractivity contribution is 0.0909. The summed E-state index contributed by atoms with van der Waals surface area (Å²) in [5.41, 5.74) is 9.32. The van der Waals surface area contributed by atoms with E-state index >= 15 is 0 Å². The minimum Gasteiger partial charge on any atom is -0.348 e. The molecule has 1 aliphatic heterocycles.